The minimum Gasteiger partial charge on any atom is -0.481 e. The van der Waals surface area contributed by atoms with Gasteiger partial charge < -0.3 is 19.3 Å². The van der Waals surface area contributed by atoms with Crippen LogP contribution in [0.5, 0.6) is 0 Å². The number of carboxylic acids is 1. The molecule has 1 N–H and O–H groups in total. The third kappa shape index (κ3) is 12.0. The number of unbranched alkanes of at least 4 members (excludes halogenated alkanes) is 5. The van der Waals surface area contributed by atoms with Crippen LogP contribution in [0.2, 0.25) is 0 Å². The van der Waals surface area contributed by atoms with Gasteiger partial charge in [0.05, 0.1) is 13.0 Å². The van der Waals surface area contributed by atoms with Crippen LogP contribution in [-0.4, -0.2) is 48.4 Å². The second kappa shape index (κ2) is 15.9. The van der Waals surface area contributed by atoms with Crippen LogP contribution in [-0.2, 0) is 28.6 Å². The van der Waals surface area contributed by atoms with Gasteiger partial charge in [0, 0.05) is 18.6 Å². The van der Waals surface area contributed by atoms with Gasteiger partial charge in [-0.1, -0.05) is 52.0 Å². The molecule has 0 bridgehead atoms. The number of carbonyl (C=O) groups is 3. The fraction of sp³-hybridized carbons (Fsp3) is 0.783. The molecule has 1 aliphatic carbocycles. The summed E-state index contributed by atoms with van der Waals surface area (Å²) in [6.07, 6.45) is 10.1. The van der Waals surface area contributed by atoms with Crippen LogP contribution in [0.15, 0.2) is 12.2 Å². The fourth-order valence-corrected chi connectivity index (χ4v) is 3.39. The van der Waals surface area contributed by atoms with Gasteiger partial charge >= 0.3 is 17.9 Å². The molecule has 1 rings (SSSR count). The molecule has 0 heterocycles. The van der Waals surface area contributed by atoms with Gasteiger partial charge in [0.25, 0.3) is 0 Å². The zero-order valence-corrected chi connectivity index (χ0v) is 18.4. The smallest absolute Gasteiger partial charge is 0.347 e. The van der Waals surface area contributed by atoms with Crippen molar-refractivity contribution in [1.82, 2.24) is 0 Å². The third-order valence-electron chi connectivity index (χ3n) is 5.17. The molecular weight excluding hydrogens is 388 g/mol. The second-order valence-electron chi connectivity index (χ2n) is 7.93. The average molecular weight is 427 g/mol. The highest BCUT2D eigenvalue weighted by atomic mass is 16.6. The molecule has 1 unspecified atom stereocenters. The Hall–Kier alpha value is -1.89. The SMILES string of the molecule is C=C(CC(=O)O)C(=O)OC(CCOCCCCCCCC)C(=O)OC1CCCCC1. The van der Waals surface area contributed by atoms with Gasteiger partial charge in [0.2, 0.25) is 6.10 Å². The number of esters is 2. The normalized spacial score (nSPS) is 15.4. The summed E-state index contributed by atoms with van der Waals surface area (Å²) in [5.41, 5.74) is -0.203. The molecule has 1 aliphatic rings. The molecular formula is C23H38O7. The molecule has 30 heavy (non-hydrogen) atoms. The molecule has 0 spiro atoms. The highest BCUT2D eigenvalue weighted by Gasteiger charge is 2.29. The highest BCUT2D eigenvalue weighted by Crippen LogP contribution is 2.21. The van der Waals surface area contributed by atoms with Gasteiger partial charge in [-0.3, -0.25) is 4.79 Å². The number of aliphatic carboxylic acids is 1. The number of hydrogen-bond donors (Lipinski definition) is 1. The summed E-state index contributed by atoms with van der Waals surface area (Å²) in [7, 11) is 0. The molecule has 172 valence electrons. The van der Waals surface area contributed by atoms with Crippen molar-refractivity contribution in [3.8, 4) is 0 Å². The zero-order valence-electron chi connectivity index (χ0n) is 18.4. The van der Waals surface area contributed by atoms with Crippen molar-refractivity contribution in [3.05, 3.63) is 12.2 Å². The van der Waals surface area contributed by atoms with Crippen molar-refractivity contribution in [2.24, 2.45) is 0 Å². The zero-order chi connectivity index (χ0) is 22.2. The van der Waals surface area contributed by atoms with Crippen molar-refractivity contribution in [1.29, 1.82) is 0 Å². The Morgan fingerprint density at radius 1 is 1.00 bits per heavy atom. The third-order valence-corrected chi connectivity index (χ3v) is 5.17. The Morgan fingerprint density at radius 3 is 2.33 bits per heavy atom. The molecule has 1 atom stereocenters. The summed E-state index contributed by atoms with van der Waals surface area (Å²) in [6.45, 7) is 6.47. The minimum atomic E-state index is -1.18. The van der Waals surface area contributed by atoms with Crippen LogP contribution in [0.4, 0.5) is 0 Å². The Kier molecular flexibility index (Phi) is 13.8. The summed E-state index contributed by atoms with van der Waals surface area (Å²) in [4.78, 5) is 35.4. The van der Waals surface area contributed by atoms with Gasteiger partial charge in [-0.2, -0.15) is 0 Å². The molecule has 0 aromatic carbocycles. The van der Waals surface area contributed by atoms with E-state index < -0.39 is 30.4 Å². The lowest BCUT2D eigenvalue weighted by Crippen LogP contribution is -2.34. The topological polar surface area (TPSA) is 99.1 Å². The van der Waals surface area contributed by atoms with Crippen LogP contribution in [0, 0.1) is 0 Å². The molecule has 7 nitrogen and oxygen atoms in total. The summed E-state index contributed by atoms with van der Waals surface area (Å²) < 4.78 is 16.4. The van der Waals surface area contributed by atoms with Crippen molar-refractivity contribution < 1.29 is 33.7 Å². The van der Waals surface area contributed by atoms with E-state index in [2.05, 4.69) is 13.5 Å². The summed E-state index contributed by atoms with van der Waals surface area (Å²) in [5, 5.41) is 8.80. The predicted molar refractivity (Wildman–Crippen MR) is 113 cm³/mol. The van der Waals surface area contributed by atoms with E-state index in [-0.39, 0.29) is 24.7 Å². The Bertz CT molecular complexity index is 538. The molecule has 0 aromatic rings. The van der Waals surface area contributed by atoms with E-state index in [1.54, 1.807) is 0 Å². The van der Waals surface area contributed by atoms with E-state index in [9.17, 15) is 14.4 Å². The van der Waals surface area contributed by atoms with Gasteiger partial charge in [-0.25, -0.2) is 9.59 Å². The van der Waals surface area contributed by atoms with Gasteiger partial charge in [0.15, 0.2) is 0 Å². The molecule has 0 amide bonds. The maximum absolute atomic E-state index is 12.6. The van der Waals surface area contributed by atoms with Crippen molar-refractivity contribution in [2.75, 3.05) is 13.2 Å². The largest absolute Gasteiger partial charge is 0.481 e. The molecule has 0 saturated heterocycles. The molecule has 0 radical (unpaired) electrons. The highest BCUT2D eigenvalue weighted by molar-refractivity contribution is 5.94. The molecule has 0 aromatic heterocycles. The number of carboxylic acid groups (broad SMARTS) is 1. The first-order chi connectivity index (χ1) is 14.4. The Morgan fingerprint density at radius 2 is 1.67 bits per heavy atom. The number of carbonyl (C=O) groups excluding carboxylic acids is 2. The second-order valence-corrected chi connectivity index (χ2v) is 7.93. The Labute approximate surface area is 180 Å². The summed E-state index contributed by atoms with van der Waals surface area (Å²) >= 11 is 0. The standard InChI is InChI=1S/C23H38O7/c1-3-4-5-6-7-11-15-28-16-14-20(30-22(26)18(2)17-21(24)25)23(27)29-19-12-9-8-10-13-19/h19-20H,2-17H2,1H3,(H,24,25). The van der Waals surface area contributed by atoms with Crippen LogP contribution >= 0.6 is 0 Å². The lowest BCUT2D eigenvalue weighted by molar-refractivity contribution is -0.172. The van der Waals surface area contributed by atoms with E-state index >= 15 is 0 Å². The van der Waals surface area contributed by atoms with Gasteiger partial charge in [-0.15, -0.1) is 0 Å². The molecule has 1 fully saturated rings. The summed E-state index contributed by atoms with van der Waals surface area (Å²) in [6, 6.07) is 0. The van der Waals surface area contributed by atoms with Crippen molar-refractivity contribution in [3.63, 3.8) is 0 Å². The lowest BCUT2D eigenvalue weighted by Gasteiger charge is -2.24. The lowest BCUT2D eigenvalue weighted by atomic mass is 9.98. The summed E-state index contributed by atoms with van der Waals surface area (Å²) in [5.74, 6) is -2.67. The Balaban J connectivity index is 2.44. The van der Waals surface area contributed by atoms with Crippen LogP contribution in [0.3, 0.4) is 0 Å². The van der Waals surface area contributed by atoms with Gasteiger partial charge in [-0.05, 0) is 32.1 Å². The van der Waals surface area contributed by atoms with E-state index in [1.165, 1.54) is 25.7 Å². The maximum atomic E-state index is 12.6. The number of ether oxygens (including phenoxy) is 3. The van der Waals surface area contributed by atoms with Gasteiger partial charge in [0.1, 0.15) is 6.10 Å². The van der Waals surface area contributed by atoms with Crippen LogP contribution < -0.4 is 0 Å². The molecule has 0 aliphatic heterocycles. The van der Waals surface area contributed by atoms with Crippen LogP contribution in [0.25, 0.3) is 0 Å². The van der Waals surface area contributed by atoms with E-state index in [0.717, 1.165) is 44.9 Å². The van der Waals surface area contributed by atoms with E-state index in [0.29, 0.717) is 6.61 Å². The molecule has 1 saturated carbocycles. The van der Waals surface area contributed by atoms with Crippen LogP contribution in [0.1, 0.15) is 90.4 Å². The van der Waals surface area contributed by atoms with Crippen molar-refractivity contribution >= 4 is 17.9 Å². The molecule has 7 heteroatoms. The minimum absolute atomic E-state index is 0.154. The quantitative estimate of drug-likeness (QED) is 0.219. The fourth-order valence-electron chi connectivity index (χ4n) is 3.39. The van der Waals surface area contributed by atoms with Crippen molar-refractivity contribution in [2.45, 2.75) is 103 Å². The monoisotopic (exact) mass is 426 g/mol. The van der Waals surface area contributed by atoms with E-state index in [4.69, 9.17) is 19.3 Å². The predicted octanol–water partition coefficient (Wildman–Crippen LogP) is 4.57. The maximum Gasteiger partial charge on any atom is 0.347 e. The first-order valence-electron chi connectivity index (χ1n) is 11.3. The number of hydrogen-bond acceptors (Lipinski definition) is 6. The number of rotatable bonds is 16. The first kappa shape index (κ1) is 26.1. The average Bonchev–Trinajstić information content (AvgIpc) is 2.71. The first-order valence-corrected chi connectivity index (χ1v) is 11.3. The van der Waals surface area contributed by atoms with E-state index in [1.807, 2.05) is 0 Å².